The van der Waals surface area contributed by atoms with Gasteiger partial charge in [-0.25, -0.2) is 4.79 Å². The lowest BCUT2D eigenvalue weighted by Crippen LogP contribution is -2.34. The molecule has 1 aromatic carbocycles. The molecule has 0 radical (unpaired) electrons. The molecule has 0 heterocycles. The Labute approximate surface area is 124 Å². The van der Waals surface area contributed by atoms with Crippen molar-refractivity contribution in [2.45, 2.75) is 20.0 Å². The van der Waals surface area contributed by atoms with Gasteiger partial charge in [-0.05, 0) is 31.5 Å². The highest BCUT2D eigenvalue weighted by molar-refractivity contribution is 5.79. The number of hydrogen-bond acceptors (Lipinski definition) is 4. The largest absolute Gasteiger partial charge is 0.497 e. The first-order chi connectivity index (χ1) is 10.0. The van der Waals surface area contributed by atoms with Crippen molar-refractivity contribution in [3.05, 3.63) is 29.8 Å². The van der Waals surface area contributed by atoms with Gasteiger partial charge in [0.2, 0.25) is 5.91 Å². The lowest BCUT2D eigenvalue weighted by molar-refractivity contribution is -0.154. The topological polar surface area (TPSA) is 76.1 Å². The van der Waals surface area contributed by atoms with Crippen molar-refractivity contribution in [3.63, 3.8) is 0 Å². The van der Waals surface area contributed by atoms with Gasteiger partial charge in [0, 0.05) is 13.1 Å². The molecule has 0 spiro atoms. The number of ether oxygens (including phenoxy) is 2. The van der Waals surface area contributed by atoms with Crippen molar-refractivity contribution in [2.75, 3.05) is 26.8 Å². The number of carbonyl (C=O) groups excluding carboxylic acids is 1. The van der Waals surface area contributed by atoms with E-state index in [0.29, 0.717) is 24.4 Å². The minimum absolute atomic E-state index is 0.228. The van der Waals surface area contributed by atoms with E-state index < -0.39 is 12.1 Å². The van der Waals surface area contributed by atoms with Crippen LogP contribution in [-0.4, -0.2) is 48.7 Å². The van der Waals surface area contributed by atoms with Crippen LogP contribution in [0.25, 0.3) is 0 Å². The number of amides is 1. The van der Waals surface area contributed by atoms with E-state index in [4.69, 9.17) is 9.47 Å². The summed E-state index contributed by atoms with van der Waals surface area (Å²) in [5.41, 5.74) is 0.439. The maximum absolute atomic E-state index is 11.9. The molecule has 1 N–H and O–H groups in total. The molecular weight excluding hydrogens is 274 g/mol. The van der Waals surface area contributed by atoms with E-state index in [9.17, 15) is 14.7 Å². The zero-order valence-electron chi connectivity index (χ0n) is 12.5. The van der Waals surface area contributed by atoms with Crippen LogP contribution in [0.3, 0.4) is 0 Å². The smallest absolute Gasteiger partial charge is 0.337 e. The van der Waals surface area contributed by atoms with Gasteiger partial charge in [0.25, 0.3) is 0 Å². The van der Waals surface area contributed by atoms with Crippen molar-refractivity contribution in [3.8, 4) is 5.75 Å². The molecule has 6 heteroatoms. The van der Waals surface area contributed by atoms with E-state index in [2.05, 4.69) is 0 Å². The van der Waals surface area contributed by atoms with Crippen LogP contribution in [0.4, 0.5) is 0 Å². The molecule has 21 heavy (non-hydrogen) atoms. The average Bonchev–Trinajstić information content (AvgIpc) is 2.48. The maximum Gasteiger partial charge on any atom is 0.337 e. The van der Waals surface area contributed by atoms with Crippen molar-refractivity contribution in [2.24, 2.45) is 0 Å². The summed E-state index contributed by atoms with van der Waals surface area (Å²) in [4.78, 5) is 24.8. The molecule has 0 aliphatic carbocycles. The van der Waals surface area contributed by atoms with E-state index in [1.54, 1.807) is 29.2 Å². The van der Waals surface area contributed by atoms with Crippen LogP contribution in [-0.2, 0) is 14.3 Å². The van der Waals surface area contributed by atoms with Gasteiger partial charge in [0.1, 0.15) is 12.4 Å². The van der Waals surface area contributed by atoms with Crippen LogP contribution in [0.15, 0.2) is 24.3 Å². The Bertz CT molecular complexity index is 485. The maximum atomic E-state index is 11.9. The molecule has 1 amide bonds. The third-order valence-electron chi connectivity index (χ3n) is 3.11. The Morgan fingerprint density at radius 3 is 2.48 bits per heavy atom. The number of benzene rings is 1. The van der Waals surface area contributed by atoms with Gasteiger partial charge in [0.15, 0.2) is 6.10 Å². The summed E-state index contributed by atoms with van der Waals surface area (Å²) in [5, 5.41) is 9.27. The van der Waals surface area contributed by atoms with Crippen LogP contribution in [0.5, 0.6) is 5.75 Å². The van der Waals surface area contributed by atoms with Crippen molar-refractivity contribution in [1.82, 2.24) is 4.90 Å². The van der Waals surface area contributed by atoms with Gasteiger partial charge in [-0.1, -0.05) is 12.1 Å². The molecule has 1 unspecified atom stereocenters. The van der Waals surface area contributed by atoms with Crippen molar-refractivity contribution < 1.29 is 24.2 Å². The second kappa shape index (κ2) is 8.26. The number of carbonyl (C=O) groups is 2. The number of likely N-dealkylation sites (N-methyl/N-ethyl adjacent to an activating group) is 1. The predicted molar refractivity (Wildman–Crippen MR) is 77.3 cm³/mol. The van der Waals surface area contributed by atoms with Gasteiger partial charge < -0.3 is 19.5 Å². The van der Waals surface area contributed by atoms with Gasteiger partial charge in [-0.2, -0.15) is 0 Å². The minimum atomic E-state index is -1.19. The van der Waals surface area contributed by atoms with E-state index in [1.165, 1.54) is 7.11 Å². The van der Waals surface area contributed by atoms with E-state index in [-0.39, 0.29) is 12.5 Å². The number of carboxylic acid groups (broad SMARTS) is 1. The van der Waals surface area contributed by atoms with Crippen LogP contribution in [0, 0.1) is 0 Å². The molecule has 0 saturated carbocycles. The highest BCUT2D eigenvalue weighted by Gasteiger charge is 2.23. The molecule has 6 nitrogen and oxygen atoms in total. The van der Waals surface area contributed by atoms with Crippen LogP contribution in [0.2, 0.25) is 0 Å². The Kier molecular flexibility index (Phi) is 6.68. The summed E-state index contributed by atoms with van der Waals surface area (Å²) in [5.74, 6) is -0.831. The number of hydrogen-bond donors (Lipinski definition) is 1. The molecule has 0 aliphatic heterocycles. The van der Waals surface area contributed by atoms with Crippen LogP contribution >= 0.6 is 0 Å². The summed E-state index contributed by atoms with van der Waals surface area (Å²) in [6.45, 7) is 4.58. The van der Waals surface area contributed by atoms with E-state index in [1.807, 2.05) is 13.8 Å². The lowest BCUT2D eigenvalue weighted by atomic mass is 10.1. The minimum Gasteiger partial charge on any atom is -0.497 e. The third-order valence-corrected chi connectivity index (χ3v) is 3.11. The molecule has 0 aliphatic rings. The fraction of sp³-hybridized carbons (Fsp3) is 0.467. The third kappa shape index (κ3) is 4.75. The number of methoxy groups -OCH3 is 1. The van der Waals surface area contributed by atoms with E-state index in [0.717, 1.165) is 0 Å². The van der Waals surface area contributed by atoms with Gasteiger partial charge in [-0.15, -0.1) is 0 Å². The number of rotatable bonds is 8. The first-order valence-corrected chi connectivity index (χ1v) is 6.79. The van der Waals surface area contributed by atoms with Crippen LogP contribution < -0.4 is 4.74 Å². The Morgan fingerprint density at radius 1 is 1.29 bits per heavy atom. The fourth-order valence-electron chi connectivity index (χ4n) is 1.94. The van der Waals surface area contributed by atoms with Crippen molar-refractivity contribution in [1.29, 1.82) is 0 Å². The van der Waals surface area contributed by atoms with Gasteiger partial charge >= 0.3 is 5.97 Å². The first kappa shape index (κ1) is 17.0. The lowest BCUT2D eigenvalue weighted by Gasteiger charge is -2.20. The SMILES string of the molecule is CCN(CC)C(=O)COC(C(=O)O)c1cccc(OC)c1. The van der Waals surface area contributed by atoms with Crippen LogP contribution in [0.1, 0.15) is 25.5 Å². The second-order valence-electron chi connectivity index (χ2n) is 4.37. The highest BCUT2D eigenvalue weighted by atomic mass is 16.5. The molecule has 1 rings (SSSR count). The number of aliphatic carboxylic acids is 1. The van der Waals surface area contributed by atoms with Crippen molar-refractivity contribution >= 4 is 11.9 Å². The Balaban J connectivity index is 2.79. The Hall–Kier alpha value is -2.08. The first-order valence-electron chi connectivity index (χ1n) is 6.79. The molecule has 116 valence electrons. The predicted octanol–water partition coefficient (Wildman–Crippen LogP) is 1.71. The molecule has 0 saturated heterocycles. The number of nitrogens with zero attached hydrogens (tertiary/aromatic N) is 1. The normalized spacial score (nSPS) is 11.8. The number of carboxylic acids is 1. The highest BCUT2D eigenvalue weighted by Crippen LogP contribution is 2.22. The second-order valence-corrected chi connectivity index (χ2v) is 4.37. The van der Waals surface area contributed by atoms with Gasteiger partial charge in [-0.3, -0.25) is 4.79 Å². The quantitative estimate of drug-likeness (QED) is 0.790. The molecule has 0 bridgehead atoms. The standard InChI is InChI=1S/C15H21NO5/c1-4-16(5-2)13(17)10-21-14(15(18)19)11-7-6-8-12(9-11)20-3/h6-9,14H,4-5,10H2,1-3H3,(H,18,19). The summed E-state index contributed by atoms with van der Waals surface area (Å²) < 4.78 is 10.3. The molecule has 0 fully saturated rings. The summed E-state index contributed by atoms with van der Waals surface area (Å²) in [6, 6.07) is 6.60. The fourth-order valence-corrected chi connectivity index (χ4v) is 1.94. The van der Waals surface area contributed by atoms with E-state index >= 15 is 0 Å². The molecule has 1 aromatic rings. The Morgan fingerprint density at radius 2 is 1.95 bits per heavy atom. The summed E-state index contributed by atoms with van der Waals surface area (Å²) >= 11 is 0. The van der Waals surface area contributed by atoms with Gasteiger partial charge in [0.05, 0.1) is 7.11 Å². The molecular formula is C15H21NO5. The zero-order chi connectivity index (χ0) is 15.8. The summed E-state index contributed by atoms with van der Waals surface area (Å²) in [6.07, 6.45) is -1.19. The zero-order valence-corrected chi connectivity index (χ0v) is 12.5. The molecule has 0 aromatic heterocycles. The molecule has 1 atom stereocenters. The monoisotopic (exact) mass is 295 g/mol. The average molecular weight is 295 g/mol. The summed E-state index contributed by atoms with van der Waals surface area (Å²) in [7, 11) is 1.50.